The number of pyridine rings is 1. The summed E-state index contributed by atoms with van der Waals surface area (Å²) in [5.74, 6) is 1.76. The number of thiazole rings is 1. The van der Waals surface area contributed by atoms with Crippen molar-refractivity contribution in [1.29, 1.82) is 0 Å². The maximum atomic E-state index is 13.5. The Hall–Kier alpha value is -3.45. The molecule has 0 spiro atoms. The van der Waals surface area contributed by atoms with Crippen molar-refractivity contribution in [3.63, 3.8) is 0 Å². The van der Waals surface area contributed by atoms with Gasteiger partial charge in [-0.3, -0.25) is 14.7 Å². The predicted octanol–water partition coefficient (Wildman–Crippen LogP) is 5.61. The van der Waals surface area contributed by atoms with Gasteiger partial charge in [0.2, 0.25) is 5.91 Å². The van der Waals surface area contributed by atoms with Crippen LogP contribution >= 0.6 is 11.3 Å². The molecule has 2 aromatic carbocycles. The molecule has 2 heterocycles. The number of carbonyl (C=O) groups excluding carboxylic acids is 1. The van der Waals surface area contributed by atoms with Crippen LogP contribution in [0.2, 0.25) is 0 Å². The first-order valence-corrected chi connectivity index (χ1v) is 11.6. The molecule has 0 N–H and O–H groups in total. The average Bonchev–Trinajstić information content (AvgIpc) is 3.28. The first-order chi connectivity index (χ1) is 16.0. The minimum Gasteiger partial charge on any atom is -0.495 e. The molecule has 0 saturated heterocycles. The number of carbonyl (C=O) groups is 1. The van der Waals surface area contributed by atoms with E-state index in [9.17, 15) is 4.79 Å². The largest absolute Gasteiger partial charge is 0.495 e. The van der Waals surface area contributed by atoms with Crippen LogP contribution in [-0.2, 0) is 17.8 Å². The van der Waals surface area contributed by atoms with Crippen molar-refractivity contribution < 1.29 is 14.3 Å². The van der Waals surface area contributed by atoms with Crippen LogP contribution in [0.3, 0.4) is 0 Å². The van der Waals surface area contributed by atoms with E-state index in [4.69, 9.17) is 14.5 Å². The SMILES string of the molecule is COc1ccc(OC)c2sc(N(Cc3cccnc3)C(=O)Cc3ccc(C(C)C)cc3)nc12. The predicted molar refractivity (Wildman–Crippen MR) is 132 cm³/mol. The van der Waals surface area contributed by atoms with Crippen LogP contribution in [-0.4, -0.2) is 30.1 Å². The van der Waals surface area contributed by atoms with E-state index in [0.29, 0.717) is 34.6 Å². The van der Waals surface area contributed by atoms with E-state index in [2.05, 4.69) is 31.0 Å². The molecular formula is C26H27N3O3S. The number of benzene rings is 2. The third kappa shape index (κ3) is 4.98. The fraction of sp³-hybridized carbons (Fsp3) is 0.269. The Morgan fingerprint density at radius 2 is 1.73 bits per heavy atom. The molecule has 33 heavy (non-hydrogen) atoms. The fourth-order valence-electron chi connectivity index (χ4n) is 3.62. The van der Waals surface area contributed by atoms with Gasteiger partial charge >= 0.3 is 0 Å². The quantitative estimate of drug-likeness (QED) is 0.341. The van der Waals surface area contributed by atoms with Crippen molar-refractivity contribution in [2.24, 2.45) is 0 Å². The Morgan fingerprint density at radius 3 is 2.36 bits per heavy atom. The number of ether oxygens (including phenoxy) is 2. The summed E-state index contributed by atoms with van der Waals surface area (Å²) in [6.45, 7) is 4.69. The van der Waals surface area contributed by atoms with Crippen molar-refractivity contribution in [3.05, 3.63) is 77.6 Å². The van der Waals surface area contributed by atoms with Crippen LogP contribution in [0, 0.1) is 0 Å². The Balaban J connectivity index is 1.71. The van der Waals surface area contributed by atoms with Crippen molar-refractivity contribution in [3.8, 4) is 11.5 Å². The average molecular weight is 462 g/mol. The number of nitrogens with zero attached hydrogens (tertiary/aromatic N) is 3. The number of aromatic nitrogens is 2. The molecular weight excluding hydrogens is 434 g/mol. The topological polar surface area (TPSA) is 64.6 Å². The lowest BCUT2D eigenvalue weighted by atomic mass is 10.0. The molecule has 1 amide bonds. The summed E-state index contributed by atoms with van der Waals surface area (Å²) in [5.41, 5.74) is 3.84. The molecule has 6 nitrogen and oxygen atoms in total. The molecule has 0 bridgehead atoms. The molecule has 4 aromatic rings. The summed E-state index contributed by atoms with van der Waals surface area (Å²) in [5, 5.41) is 0.598. The third-order valence-corrected chi connectivity index (χ3v) is 6.59. The molecule has 170 valence electrons. The van der Waals surface area contributed by atoms with Crippen molar-refractivity contribution in [2.75, 3.05) is 19.1 Å². The van der Waals surface area contributed by atoms with Gasteiger partial charge in [-0.15, -0.1) is 0 Å². The molecule has 0 aliphatic rings. The van der Waals surface area contributed by atoms with E-state index >= 15 is 0 Å². The summed E-state index contributed by atoms with van der Waals surface area (Å²) in [6, 6.07) is 15.7. The van der Waals surface area contributed by atoms with Crippen molar-refractivity contribution in [1.82, 2.24) is 9.97 Å². The highest BCUT2D eigenvalue weighted by Gasteiger charge is 2.23. The van der Waals surface area contributed by atoms with Crippen LogP contribution in [0.15, 0.2) is 60.9 Å². The Bertz CT molecular complexity index is 1200. The van der Waals surface area contributed by atoms with Gasteiger partial charge in [0.1, 0.15) is 21.7 Å². The number of rotatable bonds is 8. The summed E-state index contributed by atoms with van der Waals surface area (Å²) in [7, 11) is 3.24. The van der Waals surface area contributed by atoms with Crippen LogP contribution in [0.1, 0.15) is 36.5 Å². The lowest BCUT2D eigenvalue weighted by Gasteiger charge is -2.20. The summed E-state index contributed by atoms with van der Waals surface area (Å²) >= 11 is 1.42. The second kappa shape index (κ2) is 10.0. The first kappa shape index (κ1) is 22.7. The van der Waals surface area contributed by atoms with Crippen molar-refractivity contribution in [2.45, 2.75) is 32.7 Å². The normalized spacial score (nSPS) is 11.1. The van der Waals surface area contributed by atoms with Crippen LogP contribution in [0.5, 0.6) is 11.5 Å². The standard InChI is InChI=1S/C26H27N3O3S/c1-17(2)20-9-7-18(8-10-20)14-23(30)29(16-19-6-5-13-27-15-19)26-28-24-21(31-3)11-12-22(32-4)25(24)33-26/h5-13,15,17H,14,16H2,1-4H3. The van der Waals surface area contributed by atoms with Gasteiger partial charge in [0, 0.05) is 12.4 Å². The molecule has 0 aliphatic carbocycles. The highest BCUT2D eigenvalue weighted by atomic mass is 32.1. The number of fused-ring (bicyclic) bond motifs is 1. The molecule has 2 aromatic heterocycles. The zero-order chi connectivity index (χ0) is 23.4. The smallest absolute Gasteiger partial charge is 0.233 e. The van der Waals surface area contributed by atoms with Gasteiger partial charge in [-0.05, 0) is 40.8 Å². The Labute approximate surface area is 197 Å². The zero-order valence-corrected chi connectivity index (χ0v) is 20.1. The third-order valence-electron chi connectivity index (χ3n) is 5.50. The van der Waals surface area contributed by atoms with Gasteiger partial charge in [0.15, 0.2) is 5.13 Å². The second-order valence-electron chi connectivity index (χ2n) is 8.06. The first-order valence-electron chi connectivity index (χ1n) is 10.8. The molecule has 7 heteroatoms. The van der Waals surface area contributed by atoms with E-state index in [1.165, 1.54) is 16.9 Å². The number of amides is 1. The monoisotopic (exact) mass is 461 g/mol. The molecule has 0 radical (unpaired) electrons. The van der Waals surface area contributed by atoms with Crippen LogP contribution < -0.4 is 14.4 Å². The summed E-state index contributed by atoms with van der Waals surface area (Å²) in [4.78, 5) is 24.2. The number of anilines is 1. The summed E-state index contributed by atoms with van der Waals surface area (Å²) < 4.78 is 11.9. The minimum absolute atomic E-state index is 0.0341. The maximum Gasteiger partial charge on any atom is 0.233 e. The Morgan fingerprint density at radius 1 is 1.00 bits per heavy atom. The number of hydrogen-bond acceptors (Lipinski definition) is 6. The van der Waals surface area contributed by atoms with Gasteiger partial charge in [-0.25, -0.2) is 4.98 Å². The van der Waals surface area contributed by atoms with Crippen LogP contribution in [0.25, 0.3) is 10.2 Å². The summed E-state index contributed by atoms with van der Waals surface area (Å²) in [6.07, 6.45) is 3.77. The molecule has 0 saturated carbocycles. The van der Waals surface area contributed by atoms with E-state index < -0.39 is 0 Å². The van der Waals surface area contributed by atoms with Gasteiger partial charge in [0.25, 0.3) is 0 Å². The van der Waals surface area contributed by atoms with Gasteiger partial charge in [-0.2, -0.15) is 0 Å². The molecule has 0 unspecified atom stereocenters. The van der Waals surface area contributed by atoms with E-state index in [0.717, 1.165) is 15.8 Å². The molecule has 0 aliphatic heterocycles. The van der Waals surface area contributed by atoms with Gasteiger partial charge in [0.05, 0.1) is 27.2 Å². The van der Waals surface area contributed by atoms with Gasteiger partial charge < -0.3 is 9.47 Å². The van der Waals surface area contributed by atoms with E-state index in [1.807, 2.05) is 36.4 Å². The van der Waals surface area contributed by atoms with Crippen LogP contribution in [0.4, 0.5) is 5.13 Å². The number of hydrogen-bond donors (Lipinski definition) is 0. The zero-order valence-electron chi connectivity index (χ0n) is 19.2. The lowest BCUT2D eigenvalue weighted by molar-refractivity contribution is -0.118. The fourth-order valence-corrected chi connectivity index (χ4v) is 4.71. The van der Waals surface area contributed by atoms with Crippen molar-refractivity contribution >= 4 is 32.6 Å². The molecule has 0 atom stereocenters. The second-order valence-corrected chi connectivity index (χ2v) is 9.04. The molecule has 4 rings (SSSR count). The number of methoxy groups -OCH3 is 2. The van der Waals surface area contributed by atoms with E-state index in [-0.39, 0.29) is 12.3 Å². The highest BCUT2D eigenvalue weighted by molar-refractivity contribution is 7.22. The maximum absolute atomic E-state index is 13.5. The van der Waals surface area contributed by atoms with E-state index in [1.54, 1.807) is 31.5 Å². The highest BCUT2D eigenvalue weighted by Crippen LogP contribution is 2.40. The minimum atomic E-state index is -0.0341. The lowest BCUT2D eigenvalue weighted by Crippen LogP contribution is -2.31. The molecule has 0 fully saturated rings. The van der Waals surface area contributed by atoms with Gasteiger partial charge in [-0.1, -0.05) is 55.5 Å². The Kier molecular flexibility index (Phi) is 6.89.